The maximum absolute atomic E-state index is 5.98. The molecular formula is C12H17ClN4O3. The first-order valence-corrected chi connectivity index (χ1v) is 6.94. The van der Waals surface area contributed by atoms with Crippen LogP contribution >= 0.6 is 11.6 Å². The largest absolute Gasteiger partial charge is 0.455 e. The fraction of sp³-hybridized carbons (Fsp3) is 0.750. The highest BCUT2D eigenvalue weighted by molar-refractivity contribution is 6.28. The lowest BCUT2D eigenvalue weighted by Gasteiger charge is -2.42. The van der Waals surface area contributed by atoms with Crippen molar-refractivity contribution in [1.29, 1.82) is 0 Å². The van der Waals surface area contributed by atoms with Crippen LogP contribution in [0.1, 0.15) is 13.8 Å². The van der Waals surface area contributed by atoms with Crippen molar-refractivity contribution in [3.63, 3.8) is 0 Å². The molecule has 0 aliphatic carbocycles. The summed E-state index contributed by atoms with van der Waals surface area (Å²) in [5, 5.41) is 0.132. The Balaban J connectivity index is 1.84. The average Bonchev–Trinajstić information content (AvgIpc) is 2.32. The number of anilines is 1. The Morgan fingerprint density at radius 2 is 2.05 bits per heavy atom. The summed E-state index contributed by atoms with van der Waals surface area (Å²) in [7, 11) is 0. The predicted octanol–water partition coefficient (Wildman–Crippen LogP) is 0.918. The van der Waals surface area contributed by atoms with E-state index in [9.17, 15) is 0 Å². The van der Waals surface area contributed by atoms with Crippen molar-refractivity contribution in [1.82, 2.24) is 15.0 Å². The first-order valence-electron chi connectivity index (χ1n) is 6.56. The molecule has 3 rings (SSSR count). The van der Waals surface area contributed by atoms with Crippen LogP contribution < -0.4 is 9.64 Å². The van der Waals surface area contributed by atoms with Crippen LogP contribution in [-0.2, 0) is 9.47 Å². The van der Waals surface area contributed by atoms with Crippen LogP contribution in [0.2, 0.25) is 5.28 Å². The second-order valence-electron chi connectivity index (χ2n) is 5.48. The lowest BCUT2D eigenvalue weighted by Crippen LogP contribution is -2.54. The Labute approximate surface area is 122 Å². The van der Waals surface area contributed by atoms with Crippen molar-refractivity contribution < 1.29 is 14.2 Å². The van der Waals surface area contributed by atoms with E-state index in [1.54, 1.807) is 0 Å². The van der Waals surface area contributed by atoms with E-state index < -0.39 is 0 Å². The Hall–Kier alpha value is -1.18. The van der Waals surface area contributed by atoms with E-state index >= 15 is 0 Å². The van der Waals surface area contributed by atoms with Crippen LogP contribution in [0.3, 0.4) is 0 Å². The molecule has 0 amide bonds. The molecule has 2 saturated heterocycles. The van der Waals surface area contributed by atoms with Crippen molar-refractivity contribution in [2.45, 2.75) is 25.5 Å². The zero-order chi connectivity index (χ0) is 14.2. The molecule has 0 atom stereocenters. The van der Waals surface area contributed by atoms with E-state index in [-0.39, 0.29) is 22.9 Å². The third-order valence-corrected chi connectivity index (χ3v) is 3.51. The number of morpholine rings is 1. The number of halogens is 1. The molecule has 0 spiro atoms. The molecule has 8 heteroatoms. The highest BCUT2D eigenvalue weighted by Crippen LogP contribution is 2.26. The summed E-state index contributed by atoms with van der Waals surface area (Å²) >= 11 is 5.98. The normalized spacial score (nSPS) is 22.4. The molecule has 0 unspecified atom stereocenters. The van der Waals surface area contributed by atoms with Crippen molar-refractivity contribution >= 4 is 17.5 Å². The minimum absolute atomic E-state index is 0.000911. The van der Waals surface area contributed by atoms with Gasteiger partial charge in [0.15, 0.2) is 0 Å². The summed E-state index contributed by atoms with van der Waals surface area (Å²) in [5.41, 5.74) is -0.195. The number of hydrogen-bond acceptors (Lipinski definition) is 7. The molecule has 2 aliphatic heterocycles. The monoisotopic (exact) mass is 300 g/mol. The van der Waals surface area contributed by atoms with Gasteiger partial charge in [-0.05, 0) is 25.4 Å². The zero-order valence-corrected chi connectivity index (χ0v) is 12.3. The molecular weight excluding hydrogens is 284 g/mol. The van der Waals surface area contributed by atoms with Gasteiger partial charge in [0.1, 0.15) is 6.10 Å². The molecule has 0 N–H and O–H groups in total. The molecule has 2 fully saturated rings. The minimum atomic E-state index is -0.195. The minimum Gasteiger partial charge on any atom is -0.455 e. The van der Waals surface area contributed by atoms with Crippen LogP contribution in [0, 0.1) is 0 Å². The van der Waals surface area contributed by atoms with E-state index in [1.165, 1.54) is 0 Å². The summed E-state index contributed by atoms with van der Waals surface area (Å²) in [6, 6.07) is 0.246. The zero-order valence-electron chi connectivity index (χ0n) is 11.5. The molecule has 3 heterocycles. The molecule has 0 aromatic carbocycles. The van der Waals surface area contributed by atoms with Gasteiger partial charge in [-0.3, -0.25) is 0 Å². The quantitative estimate of drug-likeness (QED) is 0.822. The second kappa shape index (κ2) is 5.31. The number of ether oxygens (including phenoxy) is 3. The summed E-state index contributed by atoms with van der Waals surface area (Å²) in [6.07, 6.45) is -0.000911. The molecule has 0 bridgehead atoms. The maximum Gasteiger partial charge on any atom is 0.323 e. The van der Waals surface area contributed by atoms with Gasteiger partial charge in [-0.25, -0.2) is 0 Å². The first-order chi connectivity index (χ1) is 9.54. The van der Waals surface area contributed by atoms with Crippen LogP contribution in [0.4, 0.5) is 5.95 Å². The molecule has 0 radical (unpaired) electrons. The Bertz CT molecular complexity index is 496. The molecule has 0 saturated carbocycles. The molecule has 7 nitrogen and oxygen atoms in total. The predicted molar refractivity (Wildman–Crippen MR) is 72.3 cm³/mol. The SMILES string of the molecule is CC1(C)COCCN1c1nc(Cl)nc(OC2COC2)n1. The van der Waals surface area contributed by atoms with Crippen molar-refractivity contribution in [3.8, 4) is 6.01 Å². The van der Waals surface area contributed by atoms with E-state index in [2.05, 4.69) is 33.7 Å². The van der Waals surface area contributed by atoms with Gasteiger partial charge in [-0.15, -0.1) is 0 Å². The van der Waals surface area contributed by atoms with Gasteiger partial charge < -0.3 is 19.1 Å². The maximum atomic E-state index is 5.98. The van der Waals surface area contributed by atoms with Gasteiger partial charge in [0, 0.05) is 6.54 Å². The number of aromatic nitrogens is 3. The van der Waals surface area contributed by atoms with E-state index in [0.29, 0.717) is 38.9 Å². The van der Waals surface area contributed by atoms with Crippen molar-refractivity contribution in [3.05, 3.63) is 5.28 Å². The van der Waals surface area contributed by atoms with Crippen LogP contribution in [0.5, 0.6) is 6.01 Å². The highest BCUT2D eigenvalue weighted by atomic mass is 35.5. The lowest BCUT2D eigenvalue weighted by molar-refractivity contribution is -0.0831. The van der Waals surface area contributed by atoms with Crippen molar-refractivity contribution in [2.24, 2.45) is 0 Å². The average molecular weight is 301 g/mol. The van der Waals surface area contributed by atoms with E-state index in [1.807, 2.05) is 0 Å². The highest BCUT2D eigenvalue weighted by Gasteiger charge is 2.33. The fourth-order valence-corrected chi connectivity index (χ4v) is 2.30. The molecule has 1 aromatic rings. The van der Waals surface area contributed by atoms with Crippen LogP contribution in [0.15, 0.2) is 0 Å². The lowest BCUT2D eigenvalue weighted by atomic mass is 10.0. The van der Waals surface area contributed by atoms with E-state index in [4.69, 9.17) is 25.8 Å². The third-order valence-electron chi connectivity index (χ3n) is 3.34. The number of nitrogens with zero attached hydrogens (tertiary/aromatic N) is 4. The summed E-state index contributed by atoms with van der Waals surface area (Å²) in [6.45, 7) is 7.22. The third kappa shape index (κ3) is 2.79. The molecule has 2 aliphatic rings. The van der Waals surface area contributed by atoms with Gasteiger partial charge in [0.05, 0.1) is 32.0 Å². The van der Waals surface area contributed by atoms with Crippen LogP contribution in [-0.4, -0.2) is 59.6 Å². The Morgan fingerprint density at radius 3 is 2.70 bits per heavy atom. The molecule has 20 heavy (non-hydrogen) atoms. The Morgan fingerprint density at radius 1 is 1.25 bits per heavy atom. The van der Waals surface area contributed by atoms with Gasteiger partial charge in [0.2, 0.25) is 11.2 Å². The van der Waals surface area contributed by atoms with Gasteiger partial charge in [0.25, 0.3) is 0 Å². The van der Waals surface area contributed by atoms with Gasteiger partial charge in [-0.2, -0.15) is 15.0 Å². The summed E-state index contributed by atoms with van der Waals surface area (Å²) < 4.78 is 16.2. The second-order valence-corrected chi connectivity index (χ2v) is 5.82. The van der Waals surface area contributed by atoms with Crippen molar-refractivity contribution in [2.75, 3.05) is 37.9 Å². The van der Waals surface area contributed by atoms with Gasteiger partial charge in [-0.1, -0.05) is 0 Å². The fourth-order valence-electron chi connectivity index (χ4n) is 2.16. The summed E-state index contributed by atoms with van der Waals surface area (Å²) in [4.78, 5) is 14.6. The summed E-state index contributed by atoms with van der Waals surface area (Å²) in [5.74, 6) is 0.522. The standard InChI is InChI=1S/C12H17ClN4O3/c1-12(2)7-18-4-3-17(12)10-14-9(13)15-11(16-10)20-8-5-19-6-8/h8H,3-7H2,1-2H3. The smallest absolute Gasteiger partial charge is 0.323 e. The number of hydrogen-bond donors (Lipinski definition) is 0. The van der Waals surface area contributed by atoms with Crippen LogP contribution in [0.25, 0.3) is 0 Å². The molecule has 1 aromatic heterocycles. The Kier molecular flexibility index (Phi) is 3.66. The topological polar surface area (TPSA) is 69.6 Å². The van der Waals surface area contributed by atoms with E-state index in [0.717, 1.165) is 0 Å². The number of rotatable bonds is 3. The molecule has 110 valence electrons. The first kappa shape index (κ1) is 13.8. The van der Waals surface area contributed by atoms with Gasteiger partial charge >= 0.3 is 6.01 Å².